The van der Waals surface area contributed by atoms with E-state index in [2.05, 4.69) is 10.4 Å². The van der Waals surface area contributed by atoms with Crippen molar-refractivity contribution in [2.24, 2.45) is 5.41 Å². The van der Waals surface area contributed by atoms with Gasteiger partial charge in [0.25, 0.3) is 5.91 Å². The second-order valence-corrected chi connectivity index (χ2v) is 8.88. The van der Waals surface area contributed by atoms with Crippen LogP contribution in [0.4, 0.5) is 13.2 Å². The number of esters is 1. The lowest BCUT2D eigenvalue weighted by Gasteiger charge is -2.36. The molecule has 0 atom stereocenters. The lowest BCUT2D eigenvalue weighted by molar-refractivity contribution is -0.137. The number of alkyl halides is 3. The summed E-state index contributed by atoms with van der Waals surface area (Å²) in [7, 11) is 0. The maximum Gasteiger partial charge on any atom is 0.416 e. The molecule has 2 aliphatic heterocycles. The van der Waals surface area contributed by atoms with Crippen molar-refractivity contribution in [3.63, 3.8) is 0 Å². The summed E-state index contributed by atoms with van der Waals surface area (Å²) in [4.78, 5) is 25.1. The molecule has 2 aliphatic rings. The summed E-state index contributed by atoms with van der Waals surface area (Å²) in [6.45, 7) is 4.32. The largest absolute Gasteiger partial charge is 0.462 e. The highest BCUT2D eigenvalue weighted by Gasteiger charge is 2.39. The topological polar surface area (TPSA) is 82.5 Å². The van der Waals surface area contributed by atoms with E-state index in [0.717, 1.165) is 36.4 Å². The normalized spacial score (nSPS) is 17.7. The zero-order chi connectivity index (χ0) is 24.3. The molecule has 0 radical (unpaired) electrons. The van der Waals surface area contributed by atoms with E-state index in [9.17, 15) is 22.8 Å². The van der Waals surface area contributed by atoms with Gasteiger partial charge < -0.3 is 14.8 Å². The van der Waals surface area contributed by atoms with E-state index in [1.807, 2.05) is 11.6 Å². The molecular formula is C24H28F3N3O4. The first kappa shape index (κ1) is 24.3. The standard InChI is InChI=1S/C24H28F3N3O4/c1-2-18-20-19(14-23(15-28-21(20)31)7-11-33-12-8-23)30(29-18)9-4-10-34-22(32)16-5-3-6-17(13-16)24(25,26)27/h3,5-6,13H,2,4,7-12,14-15H2,1H3,(H,28,31). The van der Waals surface area contributed by atoms with Crippen LogP contribution in [0.15, 0.2) is 24.3 Å². The number of rotatable bonds is 6. The Kier molecular flexibility index (Phi) is 6.97. The molecule has 0 aliphatic carbocycles. The van der Waals surface area contributed by atoms with Crippen molar-refractivity contribution >= 4 is 11.9 Å². The van der Waals surface area contributed by atoms with Crippen molar-refractivity contribution in [2.45, 2.75) is 51.7 Å². The summed E-state index contributed by atoms with van der Waals surface area (Å²) in [5.41, 5.74) is 1.14. The third-order valence-electron chi connectivity index (χ3n) is 6.58. The number of aryl methyl sites for hydroxylation is 2. The van der Waals surface area contributed by atoms with Crippen LogP contribution in [-0.2, 0) is 35.0 Å². The number of carbonyl (C=O) groups excluding carboxylic acids is 2. The molecule has 1 aromatic heterocycles. The fourth-order valence-electron chi connectivity index (χ4n) is 4.64. The monoisotopic (exact) mass is 479 g/mol. The second kappa shape index (κ2) is 9.77. The van der Waals surface area contributed by atoms with Gasteiger partial charge in [0, 0.05) is 32.7 Å². The minimum atomic E-state index is -4.53. The van der Waals surface area contributed by atoms with Gasteiger partial charge in [0.15, 0.2) is 0 Å². The van der Waals surface area contributed by atoms with E-state index in [1.54, 1.807) is 0 Å². The van der Waals surface area contributed by atoms with Gasteiger partial charge in [-0.3, -0.25) is 9.48 Å². The number of nitrogens with one attached hydrogen (secondary N) is 1. The zero-order valence-corrected chi connectivity index (χ0v) is 19.0. The molecule has 4 rings (SSSR count). The Morgan fingerprint density at radius 2 is 2.06 bits per heavy atom. The Morgan fingerprint density at radius 3 is 2.76 bits per heavy atom. The van der Waals surface area contributed by atoms with Gasteiger partial charge in [-0.25, -0.2) is 4.79 Å². The molecule has 1 N–H and O–H groups in total. The van der Waals surface area contributed by atoms with Crippen molar-refractivity contribution in [1.82, 2.24) is 15.1 Å². The number of halogens is 3. The summed E-state index contributed by atoms with van der Waals surface area (Å²) < 4.78 is 51.2. The number of carbonyl (C=O) groups is 2. The minimum absolute atomic E-state index is 0.0242. The first-order chi connectivity index (χ1) is 16.2. The lowest BCUT2D eigenvalue weighted by atomic mass is 9.76. The number of nitrogens with zero attached hydrogens (tertiary/aromatic N) is 2. The van der Waals surface area contributed by atoms with Gasteiger partial charge in [-0.2, -0.15) is 18.3 Å². The number of amides is 1. The van der Waals surface area contributed by atoms with Crippen LogP contribution in [0.3, 0.4) is 0 Å². The summed E-state index contributed by atoms with van der Waals surface area (Å²) in [5.74, 6) is -0.919. The highest BCUT2D eigenvalue weighted by Crippen LogP contribution is 2.37. The van der Waals surface area contributed by atoms with Crippen molar-refractivity contribution < 1.29 is 32.2 Å². The predicted molar refractivity (Wildman–Crippen MR) is 116 cm³/mol. The lowest BCUT2D eigenvalue weighted by Crippen LogP contribution is -2.40. The van der Waals surface area contributed by atoms with E-state index >= 15 is 0 Å². The van der Waals surface area contributed by atoms with Crippen molar-refractivity contribution in [1.29, 1.82) is 0 Å². The minimum Gasteiger partial charge on any atom is -0.462 e. The molecule has 34 heavy (non-hydrogen) atoms. The van der Waals surface area contributed by atoms with Gasteiger partial charge in [-0.1, -0.05) is 13.0 Å². The SMILES string of the molecule is CCc1nn(CCCOC(=O)c2cccc(C(F)(F)F)c2)c2c1C(=O)NCC1(CCOCC1)C2. The predicted octanol–water partition coefficient (Wildman–Crippen LogP) is 3.79. The first-order valence-electron chi connectivity index (χ1n) is 11.5. The van der Waals surface area contributed by atoms with Gasteiger partial charge >= 0.3 is 12.1 Å². The molecule has 1 aromatic carbocycles. The van der Waals surface area contributed by atoms with Crippen LogP contribution in [0.2, 0.25) is 0 Å². The highest BCUT2D eigenvalue weighted by atomic mass is 19.4. The van der Waals surface area contributed by atoms with Gasteiger partial charge in [0.05, 0.1) is 34.7 Å². The van der Waals surface area contributed by atoms with E-state index in [0.29, 0.717) is 51.1 Å². The number of aromatic nitrogens is 2. The van der Waals surface area contributed by atoms with Crippen LogP contribution in [0.25, 0.3) is 0 Å². The summed E-state index contributed by atoms with van der Waals surface area (Å²) >= 11 is 0. The molecule has 1 saturated heterocycles. The van der Waals surface area contributed by atoms with Crippen LogP contribution >= 0.6 is 0 Å². The van der Waals surface area contributed by atoms with Gasteiger partial charge in [-0.05, 0) is 49.3 Å². The van der Waals surface area contributed by atoms with E-state index < -0.39 is 17.7 Å². The van der Waals surface area contributed by atoms with Gasteiger partial charge in [-0.15, -0.1) is 0 Å². The summed E-state index contributed by atoms with van der Waals surface area (Å²) in [6, 6.07) is 4.17. The molecule has 1 fully saturated rings. The van der Waals surface area contributed by atoms with Crippen molar-refractivity contribution in [2.75, 3.05) is 26.4 Å². The van der Waals surface area contributed by atoms with Crippen LogP contribution in [0.1, 0.15) is 63.9 Å². The first-order valence-corrected chi connectivity index (χ1v) is 11.5. The molecule has 184 valence electrons. The average molecular weight is 479 g/mol. The van der Waals surface area contributed by atoms with Crippen LogP contribution in [0.5, 0.6) is 0 Å². The maximum atomic E-state index is 12.9. The second-order valence-electron chi connectivity index (χ2n) is 8.88. The Labute approximate surface area is 195 Å². The fraction of sp³-hybridized carbons (Fsp3) is 0.542. The van der Waals surface area contributed by atoms with E-state index in [1.165, 1.54) is 12.1 Å². The molecule has 3 heterocycles. The summed E-state index contributed by atoms with van der Waals surface area (Å²) in [6.07, 6.45) is -1.08. The Balaban J connectivity index is 1.43. The molecule has 0 unspecified atom stereocenters. The van der Waals surface area contributed by atoms with Crippen molar-refractivity contribution in [3.8, 4) is 0 Å². The molecule has 10 heteroatoms. The van der Waals surface area contributed by atoms with Crippen LogP contribution in [-0.4, -0.2) is 48.0 Å². The molecule has 0 bridgehead atoms. The number of hydrogen-bond acceptors (Lipinski definition) is 5. The van der Waals surface area contributed by atoms with E-state index in [4.69, 9.17) is 9.47 Å². The smallest absolute Gasteiger partial charge is 0.416 e. The third-order valence-corrected chi connectivity index (χ3v) is 6.58. The number of hydrogen-bond donors (Lipinski definition) is 1. The Morgan fingerprint density at radius 1 is 1.29 bits per heavy atom. The number of fused-ring (bicyclic) bond motifs is 1. The van der Waals surface area contributed by atoms with Crippen molar-refractivity contribution in [3.05, 3.63) is 52.3 Å². The Hall–Kier alpha value is -2.88. The Bertz CT molecular complexity index is 1060. The molecule has 2 aromatic rings. The fourth-order valence-corrected chi connectivity index (χ4v) is 4.64. The summed E-state index contributed by atoms with van der Waals surface area (Å²) in [5, 5.41) is 7.72. The molecule has 1 spiro atoms. The number of benzene rings is 1. The quantitative estimate of drug-likeness (QED) is 0.504. The number of ether oxygens (including phenoxy) is 2. The van der Waals surface area contributed by atoms with Gasteiger partial charge in [0.2, 0.25) is 0 Å². The van der Waals surface area contributed by atoms with E-state index in [-0.39, 0.29) is 23.5 Å². The molecule has 7 nitrogen and oxygen atoms in total. The highest BCUT2D eigenvalue weighted by molar-refractivity contribution is 5.97. The average Bonchev–Trinajstić information content (AvgIpc) is 3.10. The van der Waals surface area contributed by atoms with Gasteiger partial charge in [0.1, 0.15) is 0 Å². The third kappa shape index (κ3) is 5.11. The van der Waals surface area contributed by atoms with Crippen LogP contribution < -0.4 is 5.32 Å². The maximum absolute atomic E-state index is 12.9. The molecular weight excluding hydrogens is 451 g/mol. The van der Waals surface area contributed by atoms with Crippen LogP contribution in [0, 0.1) is 5.41 Å². The molecule has 1 amide bonds. The zero-order valence-electron chi connectivity index (χ0n) is 19.0. The molecule has 0 saturated carbocycles.